The molecule has 5 nitrogen and oxygen atoms in total. The van der Waals surface area contributed by atoms with Crippen LogP contribution in [0, 0.1) is 0 Å². The molecule has 0 aromatic heterocycles. The average molecular weight is 283 g/mol. The van der Waals surface area contributed by atoms with E-state index in [1.54, 1.807) is 14.2 Å². The van der Waals surface area contributed by atoms with Crippen LogP contribution in [0.1, 0.15) is 0 Å². The Kier molecular flexibility index (Phi) is 7.17. The van der Waals surface area contributed by atoms with E-state index >= 15 is 0 Å². The van der Waals surface area contributed by atoms with Gasteiger partial charge in [-0.15, -0.1) is 0 Å². The summed E-state index contributed by atoms with van der Waals surface area (Å²) >= 11 is 4.90. The number of para-hydroxylation sites is 2. The van der Waals surface area contributed by atoms with Crippen LogP contribution in [0.4, 0.5) is 11.4 Å². The number of anilines is 2. The Hall–Kier alpha value is -1.37. The van der Waals surface area contributed by atoms with Crippen LogP contribution in [0.3, 0.4) is 0 Å². The standard InChI is InChI=1S/C13H21N3O2S/c1-17-9-7-16(8-10-18-2)12-6-4-3-5-11(12)15-13(14)19/h3-6H,7-10H2,1-2H3,(H3,14,15,19). The molecule has 0 unspecified atom stereocenters. The van der Waals surface area contributed by atoms with Crippen molar-refractivity contribution >= 4 is 28.7 Å². The van der Waals surface area contributed by atoms with E-state index in [0.717, 1.165) is 24.5 Å². The molecule has 1 aromatic carbocycles. The molecule has 0 atom stereocenters. The van der Waals surface area contributed by atoms with Crippen LogP contribution in [0.5, 0.6) is 0 Å². The lowest BCUT2D eigenvalue weighted by molar-refractivity contribution is 0.190. The maximum Gasteiger partial charge on any atom is 0.168 e. The van der Waals surface area contributed by atoms with Crippen LogP contribution in [0.15, 0.2) is 24.3 Å². The summed E-state index contributed by atoms with van der Waals surface area (Å²) in [7, 11) is 3.38. The van der Waals surface area contributed by atoms with Crippen molar-refractivity contribution in [3.05, 3.63) is 24.3 Å². The fourth-order valence-electron chi connectivity index (χ4n) is 1.74. The molecule has 1 aromatic rings. The minimum absolute atomic E-state index is 0.255. The third-order valence-corrected chi connectivity index (χ3v) is 2.74. The van der Waals surface area contributed by atoms with E-state index in [9.17, 15) is 0 Å². The highest BCUT2D eigenvalue weighted by Gasteiger charge is 2.11. The van der Waals surface area contributed by atoms with Gasteiger partial charge in [-0.1, -0.05) is 12.1 Å². The molecule has 19 heavy (non-hydrogen) atoms. The molecule has 0 fully saturated rings. The Balaban J connectivity index is 2.88. The largest absolute Gasteiger partial charge is 0.383 e. The monoisotopic (exact) mass is 283 g/mol. The van der Waals surface area contributed by atoms with Crippen molar-refractivity contribution in [1.29, 1.82) is 0 Å². The van der Waals surface area contributed by atoms with E-state index < -0.39 is 0 Å². The van der Waals surface area contributed by atoms with Crippen molar-refractivity contribution in [2.75, 3.05) is 50.7 Å². The second-order valence-corrected chi connectivity index (χ2v) is 4.42. The molecule has 0 aliphatic rings. The van der Waals surface area contributed by atoms with Crippen LogP contribution in [0.25, 0.3) is 0 Å². The van der Waals surface area contributed by atoms with E-state index in [4.69, 9.17) is 27.4 Å². The third kappa shape index (κ3) is 5.42. The van der Waals surface area contributed by atoms with Crippen molar-refractivity contribution in [3.8, 4) is 0 Å². The van der Waals surface area contributed by atoms with Crippen LogP contribution in [-0.2, 0) is 9.47 Å². The Morgan fingerprint density at radius 3 is 2.32 bits per heavy atom. The zero-order valence-electron chi connectivity index (χ0n) is 11.4. The van der Waals surface area contributed by atoms with Crippen molar-refractivity contribution in [1.82, 2.24) is 0 Å². The lowest BCUT2D eigenvalue weighted by Crippen LogP contribution is -2.32. The Morgan fingerprint density at radius 2 is 1.79 bits per heavy atom. The van der Waals surface area contributed by atoms with Gasteiger partial charge in [-0.05, 0) is 24.4 Å². The number of hydrogen-bond acceptors (Lipinski definition) is 4. The Bertz CT molecular complexity index is 393. The zero-order valence-corrected chi connectivity index (χ0v) is 12.2. The highest BCUT2D eigenvalue weighted by molar-refractivity contribution is 7.80. The van der Waals surface area contributed by atoms with Crippen molar-refractivity contribution in [3.63, 3.8) is 0 Å². The van der Waals surface area contributed by atoms with Crippen molar-refractivity contribution in [2.45, 2.75) is 0 Å². The first-order chi connectivity index (χ1) is 9.19. The first kappa shape index (κ1) is 15.7. The van der Waals surface area contributed by atoms with Crippen LogP contribution in [0.2, 0.25) is 0 Å². The second-order valence-electron chi connectivity index (χ2n) is 3.98. The summed E-state index contributed by atoms with van der Waals surface area (Å²) in [4.78, 5) is 2.17. The fraction of sp³-hybridized carbons (Fsp3) is 0.462. The number of ether oxygens (including phenoxy) is 2. The van der Waals surface area contributed by atoms with Gasteiger partial charge < -0.3 is 25.4 Å². The SMILES string of the molecule is COCCN(CCOC)c1ccccc1NC(N)=S. The summed E-state index contributed by atoms with van der Waals surface area (Å²) in [5, 5.41) is 3.25. The fourth-order valence-corrected chi connectivity index (χ4v) is 1.85. The molecule has 0 saturated carbocycles. The molecule has 1 rings (SSSR count). The molecule has 6 heteroatoms. The first-order valence-electron chi connectivity index (χ1n) is 6.07. The predicted molar refractivity (Wildman–Crippen MR) is 82.8 cm³/mol. The van der Waals surface area contributed by atoms with Gasteiger partial charge in [0.05, 0.1) is 24.6 Å². The molecule has 3 N–H and O–H groups in total. The highest BCUT2D eigenvalue weighted by Crippen LogP contribution is 2.25. The molecule has 0 heterocycles. The maximum absolute atomic E-state index is 5.55. The van der Waals surface area contributed by atoms with Gasteiger partial charge in [0.1, 0.15) is 0 Å². The molecule has 0 spiro atoms. The number of nitrogens with zero attached hydrogens (tertiary/aromatic N) is 1. The second kappa shape index (κ2) is 8.68. The van der Waals surface area contributed by atoms with Gasteiger partial charge in [-0.3, -0.25) is 0 Å². The third-order valence-electron chi connectivity index (χ3n) is 2.63. The summed E-state index contributed by atoms with van der Waals surface area (Å²) in [6.07, 6.45) is 0. The predicted octanol–water partition coefficient (Wildman–Crippen LogP) is 1.44. The van der Waals surface area contributed by atoms with Gasteiger partial charge in [0.15, 0.2) is 5.11 Å². The number of methoxy groups -OCH3 is 2. The van der Waals surface area contributed by atoms with E-state index in [0.29, 0.717) is 13.2 Å². The lowest BCUT2D eigenvalue weighted by atomic mass is 10.2. The number of rotatable bonds is 8. The zero-order chi connectivity index (χ0) is 14.1. The molecule has 0 bridgehead atoms. The van der Waals surface area contributed by atoms with E-state index in [1.165, 1.54) is 0 Å². The molecule has 0 radical (unpaired) electrons. The topological polar surface area (TPSA) is 59.8 Å². The molecule has 0 aliphatic heterocycles. The number of benzene rings is 1. The molecule has 0 aliphatic carbocycles. The van der Waals surface area contributed by atoms with Gasteiger partial charge >= 0.3 is 0 Å². The normalized spacial score (nSPS) is 10.2. The van der Waals surface area contributed by atoms with Crippen LogP contribution in [-0.4, -0.2) is 45.6 Å². The minimum Gasteiger partial charge on any atom is -0.383 e. The average Bonchev–Trinajstić information content (AvgIpc) is 2.39. The molecule has 106 valence electrons. The molecule has 0 saturated heterocycles. The van der Waals surface area contributed by atoms with Gasteiger partial charge in [0.25, 0.3) is 0 Å². The number of nitrogens with one attached hydrogen (secondary N) is 1. The van der Waals surface area contributed by atoms with Crippen molar-refractivity contribution in [2.24, 2.45) is 5.73 Å². The summed E-state index contributed by atoms with van der Waals surface area (Å²) in [6, 6.07) is 7.88. The highest BCUT2D eigenvalue weighted by atomic mass is 32.1. The van der Waals surface area contributed by atoms with Gasteiger partial charge in [-0.2, -0.15) is 0 Å². The molecular weight excluding hydrogens is 262 g/mol. The summed E-state index contributed by atoms with van der Waals surface area (Å²) in [5.41, 5.74) is 7.47. The first-order valence-corrected chi connectivity index (χ1v) is 6.48. The van der Waals surface area contributed by atoms with Gasteiger partial charge in [0, 0.05) is 27.3 Å². The van der Waals surface area contributed by atoms with Crippen molar-refractivity contribution < 1.29 is 9.47 Å². The number of hydrogen-bond donors (Lipinski definition) is 2. The maximum atomic E-state index is 5.55. The van der Waals surface area contributed by atoms with Gasteiger partial charge in [-0.25, -0.2) is 0 Å². The number of nitrogens with two attached hydrogens (primary N) is 1. The van der Waals surface area contributed by atoms with Crippen LogP contribution < -0.4 is 16.0 Å². The van der Waals surface area contributed by atoms with E-state index in [2.05, 4.69) is 10.2 Å². The summed E-state index contributed by atoms with van der Waals surface area (Å²) < 4.78 is 10.3. The quantitative estimate of drug-likeness (QED) is 0.704. The molecular formula is C13H21N3O2S. The van der Waals surface area contributed by atoms with E-state index in [-0.39, 0.29) is 5.11 Å². The summed E-state index contributed by atoms with van der Waals surface area (Å²) in [6.45, 7) is 2.84. The minimum atomic E-state index is 0.255. The Morgan fingerprint density at radius 1 is 1.21 bits per heavy atom. The number of thiocarbonyl (C=S) groups is 1. The van der Waals surface area contributed by atoms with Crippen LogP contribution >= 0.6 is 12.2 Å². The van der Waals surface area contributed by atoms with Gasteiger partial charge in [0.2, 0.25) is 0 Å². The smallest absolute Gasteiger partial charge is 0.168 e. The molecule has 0 amide bonds. The summed E-state index contributed by atoms with van der Waals surface area (Å²) in [5.74, 6) is 0. The van der Waals surface area contributed by atoms with E-state index in [1.807, 2.05) is 24.3 Å². The lowest BCUT2D eigenvalue weighted by Gasteiger charge is -2.26. The Labute approximate surface area is 119 Å².